The van der Waals surface area contributed by atoms with Gasteiger partial charge in [-0.25, -0.2) is 0 Å². The maximum Gasteiger partial charge on any atom is 0.115 e. The third-order valence-electron chi connectivity index (χ3n) is 3.34. The van der Waals surface area contributed by atoms with Crippen LogP contribution in [0.1, 0.15) is 25.8 Å². The molecular weight excluding hydrogens is 398 g/mol. The van der Waals surface area contributed by atoms with Crippen LogP contribution in [0.5, 0.6) is 5.75 Å². The molecule has 0 spiro atoms. The van der Waals surface area contributed by atoms with Crippen molar-refractivity contribution < 1.29 is 31.3 Å². The number of phenols is 1. The van der Waals surface area contributed by atoms with Crippen molar-refractivity contribution in [3.05, 3.63) is 29.8 Å². The Balaban J connectivity index is 0.00000289. The van der Waals surface area contributed by atoms with E-state index in [1.54, 1.807) is 18.2 Å². The summed E-state index contributed by atoms with van der Waals surface area (Å²) in [6.45, 7) is 4.81. The summed E-state index contributed by atoms with van der Waals surface area (Å²) in [5.41, 5.74) is -0.0995. The molecule has 1 aromatic rings. The zero-order chi connectivity index (χ0) is 13.1. The molecule has 2 N–H and O–H groups in total. The number of phenolic OH excluding ortho intramolecular Hbond substituents is 1. The number of hydrogen-bond donors (Lipinski definition) is 2. The van der Waals surface area contributed by atoms with Gasteiger partial charge in [0.1, 0.15) is 5.75 Å². The van der Waals surface area contributed by atoms with Crippen molar-refractivity contribution in [2.75, 3.05) is 20.6 Å². The SMILES string of the molecule is CC[C@](O)(c1cccc(O)c1)[C@H](C)CN(C)C.[W]. The first-order valence-corrected chi connectivity index (χ1v) is 6.06. The quantitative estimate of drug-likeness (QED) is 0.767. The van der Waals surface area contributed by atoms with E-state index >= 15 is 0 Å². The van der Waals surface area contributed by atoms with Gasteiger partial charge >= 0.3 is 0 Å². The van der Waals surface area contributed by atoms with E-state index in [0.29, 0.717) is 6.42 Å². The molecule has 1 aromatic carbocycles. The first kappa shape index (κ1) is 17.6. The molecule has 4 heteroatoms. The zero-order valence-corrected chi connectivity index (χ0v) is 14.5. The molecule has 3 nitrogen and oxygen atoms in total. The second-order valence-corrected chi connectivity index (χ2v) is 4.99. The van der Waals surface area contributed by atoms with Gasteiger partial charge in [-0.3, -0.25) is 0 Å². The fourth-order valence-corrected chi connectivity index (χ4v) is 2.31. The van der Waals surface area contributed by atoms with E-state index in [4.69, 9.17) is 0 Å². The van der Waals surface area contributed by atoms with E-state index in [0.717, 1.165) is 12.1 Å². The minimum absolute atomic E-state index is 0. The van der Waals surface area contributed by atoms with Crippen molar-refractivity contribution >= 4 is 0 Å². The minimum atomic E-state index is -0.886. The number of rotatable bonds is 5. The molecule has 1 rings (SSSR count). The Morgan fingerprint density at radius 3 is 2.39 bits per heavy atom. The Kier molecular flexibility index (Phi) is 7.12. The van der Waals surface area contributed by atoms with Crippen LogP contribution in [0, 0.1) is 5.92 Å². The molecule has 0 saturated heterocycles. The summed E-state index contributed by atoms with van der Waals surface area (Å²) in [5, 5.41) is 20.3. The fourth-order valence-electron chi connectivity index (χ4n) is 2.31. The van der Waals surface area contributed by atoms with Crippen LogP contribution in [-0.4, -0.2) is 35.8 Å². The molecular formula is C14H23NO2W. The molecule has 0 unspecified atom stereocenters. The topological polar surface area (TPSA) is 43.7 Å². The van der Waals surface area contributed by atoms with Gasteiger partial charge in [0, 0.05) is 33.5 Å². The summed E-state index contributed by atoms with van der Waals surface area (Å²) in [6, 6.07) is 6.91. The van der Waals surface area contributed by atoms with Crippen molar-refractivity contribution in [2.24, 2.45) is 5.92 Å². The first-order valence-electron chi connectivity index (χ1n) is 6.06. The van der Waals surface area contributed by atoms with Gasteiger partial charge in [-0.05, 0) is 38.2 Å². The molecule has 102 valence electrons. The molecule has 0 aliphatic rings. The third-order valence-corrected chi connectivity index (χ3v) is 3.34. The molecule has 0 bridgehead atoms. The predicted octanol–water partition coefficient (Wildman–Crippen LogP) is 2.19. The van der Waals surface area contributed by atoms with Gasteiger partial charge in [-0.15, -0.1) is 0 Å². The van der Waals surface area contributed by atoms with E-state index in [1.165, 1.54) is 0 Å². The molecule has 0 amide bonds. The Hall–Kier alpha value is -0.372. The summed E-state index contributed by atoms with van der Waals surface area (Å²) in [4.78, 5) is 2.06. The van der Waals surface area contributed by atoms with Crippen LogP contribution < -0.4 is 0 Å². The standard InChI is InChI=1S/C14H23NO2.W/c1-5-14(17,11(2)10-15(3)4)12-7-6-8-13(16)9-12;/h6-9,11,16-17H,5,10H2,1-4H3;/t11-,14-;/m1./s1. The average Bonchev–Trinajstić information content (AvgIpc) is 2.27. The Bertz CT molecular complexity index is 371. The summed E-state index contributed by atoms with van der Waals surface area (Å²) >= 11 is 0. The Labute approximate surface area is 124 Å². The maximum atomic E-state index is 10.8. The largest absolute Gasteiger partial charge is 0.508 e. The van der Waals surface area contributed by atoms with Crippen LogP contribution in [0.3, 0.4) is 0 Å². The number of aromatic hydroxyl groups is 1. The Morgan fingerprint density at radius 2 is 1.94 bits per heavy atom. The molecule has 18 heavy (non-hydrogen) atoms. The van der Waals surface area contributed by atoms with E-state index in [1.807, 2.05) is 34.0 Å². The van der Waals surface area contributed by atoms with Crippen molar-refractivity contribution in [2.45, 2.75) is 25.9 Å². The normalized spacial score (nSPS) is 15.9. The van der Waals surface area contributed by atoms with Gasteiger partial charge < -0.3 is 15.1 Å². The van der Waals surface area contributed by atoms with Crippen LogP contribution in [0.25, 0.3) is 0 Å². The molecule has 0 saturated carbocycles. The number of hydrogen-bond acceptors (Lipinski definition) is 3. The second-order valence-electron chi connectivity index (χ2n) is 4.99. The van der Waals surface area contributed by atoms with Crippen LogP contribution in [0.4, 0.5) is 0 Å². The monoisotopic (exact) mass is 421 g/mol. The van der Waals surface area contributed by atoms with E-state index < -0.39 is 5.60 Å². The average molecular weight is 421 g/mol. The second kappa shape index (κ2) is 7.27. The number of nitrogens with zero attached hydrogens (tertiary/aromatic N) is 1. The van der Waals surface area contributed by atoms with Crippen LogP contribution in [0.2, 0.25) is 0 Å². The van der Waals surface area contributed by atoms with Crippen molar-refractivity contribution in [1.29, 1.82) is 0 Å². The number of benzene rings is 1. The van der Waals surface area contributed by atoms with Crippen LogP contribution >= 0.6 is 0 Å². The maximum absolute atomic E-state index is 10.8. The molecule has 0 radical (unpaired) electrons. The van der Waals surface area contributed by atoms with Gasteiger partial charge in [-0.2, -0.15) is 0 Å². The third kappa shape index (κ3) is 4.08. The molecule has 0 aliphatic heterocycles. The molecule has 0 heterocycles. The van der Waals surface area contributed by atoms with Crippen molar-refractivity contribution in [3.63, 3.8) is 0 Å². The minimum Gasteiger partial charge on any atom is -0.508 e. The summed E-state index contributed by atoms with van der Waals surface area (Å²) < 4.78 is 0. The van der Waals surface area contributed by atoms with Gasteiger partial charge in [-0.1, -0.05) is 26.0 Å². The van der Waals surface area contributed by atoms with Gasteiger partial charge in [0.15, 0.2) is 0 Å². The summed E-state index contributed by atoms with van der Waals surface area (Å²) in [6.07, 6.45) is 0.630. The van der Waals surface area contributed by atoms with E-state index in [2.05, 4.69) is 4.90 Å². The van der Waals surface area contributed by atoms with Crippen molar-refractivity contribution in [1.82, 2.24) is 4.90 Å². The fraction of sp³-hybridized carbons (Fsp3) is 0.571. The molecule has 0 aliphatic carbocycles. The zero-order valence-electron chi connectivity index (χ0n) is 11.6. The van der Waals surface area contributed by atoms with Gasteiger partial charge in [0.05, 0.1) is 5.60 Å². The first-order chi connectivity index (χ1) is 7.90. The van der Waals surface area contributed by atoms with Crippen LogP contribution in [0.15, 0.2) is 24.3 Å². The van der Waals surface area contributed by atoms with Gasteiger partial charge in [0.25, 0.3) is 0 Å². The Morgan fingerprint density at radius 1 is 1.33 bits per heavy atom. The summed E-state index contributed by atoms with van der Waals surface area (Å²) in [5.74, 6) is 0.302. The molecule has 0 aromatic heterocycles. The van der Waals surface area contributed by atoms with E-state index in [-0.39, 0.29) is 32.7 Å². The van der Waals surface area contributed by atoms with Crippen LogP contribution in [-0.2, 0) is 26.7 Å². The van der Waals surface area contributed by atoms with E-state index in [9.17, 15) is 10.2 Å². The number of aliphatic hydroxyl groups is 1. The predicted molar refractivity (Wildman–Crippen MR) is 70.0 cm³/mol. The molecule has 2 atom stereocenters. The smallest absolute Gasteiger partial charge is 0.115 e. The van der Waals surface area contributed by atoms with Crippen molar-refractivity contribution in [3.8, 4) is 5.75 Å². The molecule has 0 fully saturated rings. The van der Waals surface area contributed by atoms with Gasteiger partial charge in [0.2, 0.25) is 0 Å². The summed E-state index contributed by atoms with van der Waals surface area (Å²) in [7, 11) is 3.99.